The lowest BCUT2D eigenvalue weighted by molar-refractivity contribution is -0.274. The first-order valence-corrected chi connectivity index (χ1v) is 5.58. The molecule has 0 saturated carbocycles. The van der Waals surface area contributed by atoms with Gasteiger partial charge in [-0.15, -0.1) is 13.2 Å². The fraction of sp³-hybridized carbons (Fsp3) is 0.500. The summed E-state index contributed by atoms with van der Waals surface area (Å²) in [4.78, 5) is 2.14. The fourth-order valence-electron chi connectivity index (χ4n) is 1.90. The quantitative estimate of drug-likeness (QED) is 0.808. The van der Waals surface area contributed by atoms with Crippen molar-refractivity contribution in [3.63, 3.8) is 0 Å². The number of hydrogen-bond donors (Lipinski definition) is 0. The Balaban J connectivity index is 1.95. The monoisotopic (exact) mass is 245 g/mol. The number of benzene rings is 1. The Labute approximate surface area is 98.0 Å². The second-order valence-corrected chi connectivity index (χ2v) is 4.22. The van der Waals surface area contributed by atoms with E-state index in [1.54, 1.807) is 12.1 Å². The summed E-state index contributed by atoms with van der Waals surface area (Å²) in [5.74, 6) is 0.537. The summed E-state index contributed by atoms with van der Waals surface area (Å²) in [5.41, 5.74) is 0.948. The van der Waals surface area contributed by atoms with Gasteiger partial charge >= 0.3 is 6.36 Å². The van der Waals surface area contributed by atoms with E-state index >= 15 is 0 Å². The van der Waals surface area contributed by atoms with Crippen molar-refractivity contribution in [2.75, 3.05) is 18.0 Å². The van der Waals surface area contributed by atoms with Gasteiger partial charge in [0.1, 0.15) is 5.75 Å². The average molecular weight is 245 g/mol. The van der Waals surface area contributed by atoms with E-state index < -0.39 is 6.36 Å². The molecule has 0 aliphatic carbocycles. The van der Waals surface area contributed by atoms with Crippen LogP contribution in [0, 0.1) is 5.92 Å². The molecule has 2 nitrogen and oxygen atoms in total. The van der Waals surface area contributed by atoms with Crippen LogP contribution >= 0.6 is 0 Å². The Bertz CT molecular complexity index is 368. The van der Waals surface area contributed by atoms with Crippen molar-refractivity contribution in [1.82, 2.24) is 0 Å². The Morgan fingerprint density at radius 3 is 2.29 bits per heavy atom. The molecule has 0 atom stereocenters. The van der Waals surface area contributed by atoms with Crippen LogP contribution in [0.2, 0.25) is 0 Å². The molecule has 17 heavy (non-hydrogen) atoms. The van der Waals surface area contributed by atoms with Gasteiger partial charge in [-0.25, -0.2) is 0 Å². The van der Waals surface area contributed by atoms with Crippen molar-refractivity contribution in [3.8, 4) is 5.75 Å². The summed E-state index contributed by atoms with van der Waals surface area (Å²) in [5, 5.41) is 0. The maximum absolute atomic E-state index is 11.9. The molecular formula is C12H14F3NO. The lowest BCUT2D eigenvalue weighted by Gasteiger charge is -2.40. The summed E-state index contributed by atoms with van der Waals surface area (Å²) >= 11 is 0. The zero-order valence-electron chi connectivity index (χ0n) is 9.50. The van der Waals surface area contributed by atoms with Crippen LogP contribution in [0.3, 0.4) is 0 Å². The summed E-state index contributed by atoms with van der Waals surface area (Å²) in [6, 6.07) is 6.02. The highest BCUT2D eigenvalue weighted by molar-refractivity contribution is 5.51. The van der Waals surface area contributed by atoms with E-state index in [0.717, 1.165) is 25.2 Å². The van der Waals surface area contributed by atoms with Crippen LogP contribution in [0.5, 0.6) is 5.75 Å². The summed E-state index contributed by atoms with van der Waals surface area (Å²) in [6.45, 7) is 4.11. The minimum absolute atomic E-state index is 0.172. The molecule has 0 bridgehead atoms. The molecule has 5 heteroatoms. The molecule has 0 spiro atoms. The van der Waals surface area contributed by atoms with Crippen molar-refractivity contribution in [1.29, 1.82) is 0 Å². The molecule has 0 unspecified atom stereocenters. The third kappa shape index (κ3) is 3.05. The van der Waals surface area contributed by atoms with Crippen LogP contribution in [-0.4, -0.2) is 19.5 Å². The molecule has 1 aromatic rings. The molecule has 1 aliphatic heterocycles. The van der Waals surface area contributed by atoms with Crippen LogP contribution in [0.4, 0.5) is 18.9 Å². The Kier molecular flexibility index (Phi) is 3.17. The second kappa shape index (κ2) is 4.47. The van der Waals surface area contributed by atoms with Crippen molar-refractivity contribution < 1.29 is 17.9 Å². The van der Waals surface area contributed by atoms with Crippen LogP contribution in [0.15, 0.2) is 24.3 Å². The van der Waals surface area contributed by atoms with Crippen molar-refractivity contribution >= 4 is 5.69 Å². The summed E-state index contributed by atoms with van der Waals surface area (Å²) < 4.78 is 39.6. The van der Waals surface area contributed by atoms with Crippen LogP contribution < -0.4 is 9.64 Å². The zero-order valence-corrected chi connectivity index (χ0v) is 9.50. The number of alkyl halides is 3. The zero-order chi connectivity index (χ0) is 12.5. The van der Waals surface area contributed by atoms with Crippen LogP contribution in [-0.2, 0) is 0 Å². The number of halogens is 3. The number of rotatable bonds is 3. The molecule has 0 N–H and O–H groups in total. The predicted molar refractivity (Wildman–Crippen MR) is 59.1 cm³/mol. The molecule has 0 radical (unpaired) electrons. The van der Waals surface area contributed by atoms with E-state index in [4.69, 9.17) is 0 Å². The topological polar surface area (TPSA) is 12.5 Å². The first-order chi connectivity index (χ1) is 7.98. The Morgan fingerprint density at radius 1 is 1.24 bits per heavy atom. The summed E-state index contributed by atoms with van der Waals surface area (Å²) in [7, 11) is 0. The SMILES string of the molecule is CCC1CN(c2ccc(OC(F)(F)F)cc2)C1. The van der Waals surface area contributed by atoms with Gasteiger partial charge in [0.15, 0.2) is 0 Å². The molecular weight excluding hydrogens is 231 g/mol. The highest BCUT2D eigenvalue weighted by atomic mass is 19.4. The third-order valence-electron chi connectivity index (χ3n) is 2.97. The van der Waals surface area contributed by atoms with Crippen LogP contribution in [0.1, 0.15) is 13.3 Å². The van der Waals surface area contributed by atoms with Crippen molar-refractivity contribution in [3.05, 3.63) is 24.3 Å². The lowest BCUT2D eigenvalue weighted by atomic mass is 9.96. The van der Waals surface area contributed by atoms with Crippen LogP contribution in [0.25, 0.3) is 0 Å². The number of hydrogen-bond acceptors (Lipinski definition) is 2. The number of nitrogens with zero attached hydrogens (tertiary/aromatic N) is 1. The molecule has 1 aliphatic rings. The van der Waals surface area contributed by atoms with Crippen molar-refractivity contribution in [2.24, 2.45) is 5.92 Å². The van der Waals surface area contributed by atoms with Gasteiger partial charge in [0.25, 0.3) is 0 Å². The summed E-state index contributed by atoms with van der Waals surface area (Å²) in [6.07, 6.45) is -3.47. The minimum atomic E-state index is -4.62. The molecule has 0 amide bonds. The first-order valence-electron chi connectivity index (χ1n) is 5.58. The molecule has 2 rings (SSSR count). The molecule has 1 saturated heterocycles. The van der Waals surface area contributed by atoms with E-state index in [1.807, 2.05) is 0 Å². The Morgan fingerprint density at radius 2 is 1.82 bits per heavy atom. The lowest BCUT2D eigenvalue weighted by Crippen LogP contribution is -2.46. The molecule has 94 valence electrons. The predicted octanol–water partition coefficient (Wildman–Crippen LogP) is 3.43. The second-order valence-electron chi connectivity index (χ2n) is 4.22. The highest BCUT2D eigenvalue weighted by Gasteiger charge is 2.31. The van der Waals surface area contributed by atoms with Gasteiger partial charge in [-0.05, 0) is 36.6 Å². The average Bonchev–Trinajstić information content (AvgIpc) is 2.16. The Hall–Kier alpha value is -1.39. The minimum Gasteiger partial charge on any atom is -0.406 e. The van der Waals surface area contributed by atoms with Crippen molar-refractivity contribution in [2.45, 2.75) is 19.7 Å². The van der Waals surface area contributed by atoms with E-state index in [2.05, 4.69) is 16.6 Å². The van der Waals surface area contributed by atoms with Gasteiger partial charge in [-0.2, -0.15) is 0 Å². The van der Waals surface area contributed by atoms with Gasteiger partial charge in [0.05, 0.1) is 0 Å². The van der Waals surface area contributed by atoms with Gasteiger partial charge < -0.3 is 9.64 Å². The maximum Gasteiger partial charge on any atom is 0.573 e. The smallest absolute Gasteiger partial charge is 0.406 e. The largest absolute Gasteiger partial charge is 0.573 e. The molecule has 1 fully saturated rings. The maximum atomic E-state index is 11.9. The van der Waals surface area contributed by atoms with E-state index in [0.29, 0.717) is 5.92 Å². The molecule has 0 aromatic heterocycles. The van der Waals surface area contributed by atoms with Gasteiger partial charge in [0.2, 0.25) is 0 Å². The molecule has 1 heterocycles. The normalized spacial score (nSPS) is 16.8. The van der Waals surface area contributed by atoms with E-state index in [-0.39, 0.29) is 5.75 Å². The number of ether oxygens (including phenoxy) is 1. The fourth-order valence-corrected chi connectivity index (χ4v) is 1.90. The standard InChI is InChI=1S/C12H14F3NO/c1-2-9-7-16(8-9)10-3-5-11(6-4-10)17-12(13,14)15/h3-6,9H,2,7-8H2,1H3. The molecule has 1 aromatic carbocycles. The van der Waals surface area contributed by atoms with E-state index in [9.17, 15) is 13.2 Å². The van der Waals surface area contributed by atoms with E-state index in [1.165, 1.54) is 12.1 Å². The van der Waals surface area contributed by atoms with Gasteiger partial charge in [-0.1, -0.05) is 6.92 Å². The van der Waals surface area contributed by atoms with Gasteiger partial charge in [0, 0.05) is 18.8 Å². The number of anilines is 1. The highest BCUT2D eigenvalue weighted by Crippen LogP contribution is 2.29. The van der Waals surface area contributed by atoms with Gasteiger partial charge in [-0.3, -0.25) is 0 Å². The third-order valence-corrected chi connectivity index (χ3v) is 2.97. The first kappa shape index (κ1) is 12.1.